The molecule has 0 bridgehead atoms. The van der Waals surface area contributed by atoms with Crippen LogP contribution in [0, 0.1) is 5.92 Å². The van der Waals surface area contributed by atoms with Crippen LogP contribution in [0.5, 0.6) is 0 Å². The van der Waals surface area contributed by atoms with Crippen LogP contribution in [0.3, 0.4) is 0 Å². The number of carboxylic acids is 7. The Morgan fingerprint density at radius 3 is 1.13 bits per heavy atom. The van der Waals surface area contributed by atoms with E-state index in [1.807, 2.05) is 6.92 Å². The molecule has 2 aliphatic heterocycles. The van der Waals surface area contributed by atoms with Gasteiger partial charge in [0, 0.05) is 144 Å². The first-order valence-electron chi connectivity index (χ1n) is 32.6. The minimum Gasteiger partial charge on any atom is -0.512 e. The van der Waals surface area contributed by atoms with Crippen molar-refractivity contribution in [3.63, 3.8) is 0 Å². The first-order valence-corrected chi connectivity index (χ1v) is 32.6. The minimum absolute atomic E-state index is 0.0267. The average Bonchev–Trinajstić information content (AvgIpc) is 0.943. The monoisotopic (exact) mass is 1410 g/mol. The van der Waals surface area contributed by atoms with Crippen LogP contribution in [-0.4, -0.2) is 344 Å². The van der Waals surface area contributed by atoms with Gasteiger partial charge in [0.15, 0.2) is 0 Å². The van der Waals surface area contributed by atoms with Crippen molar-refractivity contribution in [1.29, 1.82) is 0 Å². The third kappa shape index (κ3) is 34.4. The zero-order chi connectivity index (χ0) is 73.7. The summed E-state index contributed by atoms with van der Waals surface area (Å²) in [5.41, 5.74) is 6.38. The lowest BCUT2D eigenvalue weighted by atomic mass is 9.98. The molecule has 6 atom stereocenters. The maximum Gasteiger partial charge on any atom is 0.320 e. The first-order chi connectivity index (χ1) is 46.8. The molecule has 554 valence electrons. The third-order valence-electron chi connectivity index (χ3n) is 16.9. The molecule has 0 aliphatic carbocycles. The van der Waals surface area contributed by atoms with E-state index in [2.05, 4.69) is 38.5 Å². The Morgan fingerprint density at radius 2 is 0.808 bits per heavy atom. The van der Waals surface area contributed by atoms with E-state index < -0.39 is 166 Å². The Hall–Kier alpha value is -8.98. The SMILES string of the molecule is C=C(O)CN1CCN(CC(=O)O)CCN(C(CCC(=O)NC[C@H](NC(=O)CCC(C(=O)O)N2CCN(CC(=O)O)CCN(CC(=O)O)CCN(CC(=O)O)CC2)C(=O)NCc2ccc(CNC(=O)[C@H](CCC(N)=O)NC(=O)[C@@H](NC=O)C(C)CC)cc2)C(=O)O)CCN(CC(=O)O)CC1. The summed E-state index contributed by atoms with van der Waals surface area (Å²) in [6.45, 7) is 4.67. The number of hydrogen-bond donors (Lipinski definition) is 15. The molecule has 2 heterocycles. The Labute approximate surface area is 572 Å². The summed E-state index contributed by atoms with van der Waals surface area (Å²) < 4.78 is 0. The minimum atomic E-state index is -1.58. The van der Waals surface area contributed by atoms with Crippen molar-refractivity contribution in [2.24, 2.45) is 11.7 Å². The number of rotatable bonds is 40. The van der Waals surface area contributed by atoms with Crippen molar-refractivity contribution in [1.82, 2.24) is 71.1 Å². The summed E-state index contributed by atoms with van der Waals surface area (Å²) in [5, 5.41) is 95.3. The van der Waals surface area contributed by atoms with Crippen LogP contribution in [0.25, 0.3) is 0 Å². The number of carbonyl (C=O) groups is 14. The zero-order valence-electron chi connectivity index (χ0n) is 56.1. The maximum atomic E-state index is 14.2. The molecule has 7 amide bonds. The molecule has 0 radical (unpaired) electrons. The normalized spacial score (nSPS) is 17.8. The molecular weight excluding hydrogens is 1310 g/mol. The molecule has 99 heavy (non-hydrogen) atoms. The fourth-order valence-electron chi connectivity index (χ4n) is 11.2. The van der Waals surface area contributed by atoms with E-state index >= 15 is 0 Å². The van der Waals surface area contributed by atoms with E-state index in [0.717, 1.165) is 0 Å². The summed E-state index contributed by atoms with van der Waals surface area (Å²) in [7, 11) is 0. The highest BCUT2D eigenvalue weighted by atomic mass is 16.4. The zero-order valence-corrected chi connectivity index (χ0v) is 56.1. The molecule has 0 aromatic heterocycles. The standard InChI is InChI=1S/C62H99N15O22/c1-4-41(2)57(67-40-78)60(95)69-45(9-12-49(63)80)58(93)65-31-43-5-7-44(8-6-43)32-66-59(94)46(68-51(82)14-11-48(62(98)99)77-29-25-74(38-55(89)90)21-19-71(35-52(83)84)20-22-75(26-30-77)39-56(91)92)33-64-50(81)13-10-47(61(96)97)76-27-23-72(36-53(85)86)17-15-70(34-42(3)79)16-18-73(24-28-76)37-54(87)88/h5-8,40-41,45-48,57,79H,3-4,9-39H2,1-2H3,(H2,63,80)(H,64,81)(H,65,93)(H,66,94)(H,67,78)(H,68,82)(H,69,95)(H,83,84)(H,85,86)(H,87,88)(H,89,90)(H,91,92)(H,96,97)(H,98,99)/t41?,45-,46-,47?,48?,57-/m0/s1. The van der Waals surface area contributed by atoms with Crippen molar-refractivity contribution in [2.75, 3.05) is 151 Å². The van der Waals surface area contributed by atoms with E-state index in [0.29, 0.717) is 24.0 Å². The van der Waals surface area contributed by atoms with E-state index in [1.54, 1.807) is 45.9 Å². The van der Waals surface area contributed by atoms with Gasteiger partial charge in [0.2, 0.25) is 41.9 Å². The van der Waals surface area contributed by atoms with Crippen LogP contribution in [0.15, 0.2) is 36.6 Å². The molecule has 3 unspecified atom stereocenters. The van der Waals surface area contributed by atoms with Gasteiger partial charge in [-0.3, -0.25) is 106 Å². The average molecular weight is 1410 g/mol. The number of aliphatic hydroxyl groups excluding tert-OH is 1. The Kier molecular flexibility index (Phi) is 38.2. The molecule has 2 aliphatic rings. The molecule has 2 saturated heterocycles. The second-order valence-electron chi connectivity index (χ2n) is 24.4. The molecule has 37 nitrogen and oxygen atoms in total. The summed E-state index contributed by atoms with van der Waals surface area (Å²) >= 11 is 0. The van der Waals surface area contributed by atoms with Gasteiger partial charge >= 0.3 is 41.8 Å². The lowest BCUT2D eigenvalue weighted by molar-refractivity contribution is -0.145. The van der Waals surface area contributed by atoms with Gasteiger partial charge in [-0.1, -0.05) is 51.1 Å². The first kappa shape index (κ1) is 84.2. The van der Waals surface area contributed by atoms with Crippen LogP contribution >= 0.6 is 0 Å². The highest BCUT2D eigenvalue weighted by Gasteiger charge is 2.33. The number of carbonyl (C=O) groups excluding carboxylic acids is 7. The summed E-state index contributed by atoms with van der Waals surface area (Å²) in [6.07, 6.45) is -1.31. The van der Waals surface area contributed by atoms with Gasteiger partial charge in [-0.2, -0.15) is 0 Å². The van der Waals surface area contributed by atoms with Gasteiger partial charge in [-0.15, -0.1) is 0 Å². The molecule has 3 rings (SSSR count). The van der Waals surface area contributed by atoms with Gasteiger partial charge in [-0.05, 0) is 36.3 Å². The summed E-state index contributed by atoms with van der Waals surface area (Å²) in [5.74, 6) is -13.7. The fourth-order valence-corrected chi connectivity index (χ4v) is 11.2. The molecule has 0 saturated carbocycles. The predicted octanol–water partition coefficient (Wildman–Crippen LogP) is -5.16. The van der Waals surface area contributed by atoms with Crippen LogP contribution in [0.2, 0.25) is 0 Å². The molecular formula is C62H99N15O22. The number of nitrogens with two attached hydrogens (primary N) is 1. The second kappa shape index (κ2) is 44.8. The van der Waals surface area contributed by atoms with Gasteiger partial charge in [0.1, 0.15) is 30.2 Å². The van der Waals surface area contributed by atoms with Crippen LogP contribution < -0.4 is 37.6 Å². The molecule has 37 heteroatoms. The molecule has 1 aromatic carbocycles. The van der Waals surface area contributed by atoms with E-state index in [9.17, 15) is 108 Å². The number of benzene rings is 1. The van der Waals surface area contributed by atoms with Crippen molar-refractivity contribution in [2.45, 2.75) is 102 Å². The fraction of sp³-hybridized carbons (Fsp3) is 0.645. The lowest BCUT2D eigenvalue weighted by Gasteiger charge is -2.35. The Bertz CT molecular complexity index is 2830. The number of amides is 7. The Morgan fingerprint density at radius 1 is 0.465 bits per heavy atom. The lowest BCUT2D eigenvalue weighted by Crippen LogP contribution is -2.54. The number of primary amides is 1. The number of nitrogens with zero attached hydrogens (tertiary/aromatic N) is 8. The van der Waals surface area contributed by atoms with Crippen molar-refractivity contribution in [3.05, 3.63) is 47.7 Å². The topological polar surface area (TPSA) is 525 Å². The highest BCUT2D eigenvalue weighted by molar-refractivity contribution is 5.91. The number of carboxylic acid groups (broad SMARTS) is 7. The van der Waals surface area contributed by atoms with Crippen LogP contribution in [-0.2, 0) is 80.2 Å². The highest BCUT2D eigenvalue weighted by Crippen LogP contribution is 2.15. The third-order valence-corrected chi connectivity index (χ3v) is 16.9. The summed E-state index contributed by atoms with van der Waals surface area (Å²) in [4.78, 5) is 190. The van der Waals surface area contributed by atoms with Gasteiger partial charge in [-0.25, -0.2) is 0 Å². The van der Waals surface area contributed by atoms with Crippen molar-refractivity contribution in [3.8, 4) is 0 Å². The number of aliphatic carboxylic acids is 7. The number of nitrogens with one attached hydrogen (secondary N) is 6. The molecule has 1 aromatic rings. The molecule has 0 spiro atoms. The van der Waals surface area contributed by atoms with Gasteiger partial charge in [0.05, 0.1) is 45.0 Å². The quantitative estimate of drug-likeness (QED) is 0.0216. The van der Waals surface area contributed by atoms with Gasteiger partial charge in [0.25, 0.3) is 0 Å². The largest absolute Gasteiger partial charge is 0.512 e. The number of hydrogen-bond acceptors (Lipinski definition) is 23. The predicted molar refractivity (Wildman–Crippen MR) is 351 cm³/mol. The van der Waals surface area contributed by atoms with E-state index in [1.165, 1.54) is 24.5 Å². The van der Waals surface area contributed by atoms with Crippen LogP contribution in [0.1, 0.15) is 69.9 Å². The van der Waals surface area contributed by atoms with Crippen molar-refractivity contribution < 1.29 is 108 Å². The van der Waals surface area contributed by atoms with Gasteiger partial charge < -0.3 is 78.5 Å². The molecule has 16 N–H and O–H groups in total. The summed E-state index contributed by atoms with van der Waals surface area (Å²) in [6, 6.07) is -0.187. The second-order valence-corrected chi connectivity index (χ2v) is 24.4. The van der Waals surface area contributed by atoms with Crippen LogP contribution in [0.4, 0.5) is 0 Å². The smallest absolute Gasteiger partial charge is 0.320 e. The number of aliphatic hydroxyl groups is 1. The maximum absolute atomic E-state index is 14.2. The molecule has 2 fully saturated rings. The van der Waals surface area contributed by atoms with Crippen molar-refractivity contribution >= 4 is 83.6 Å². The van der Waals surface area contributed by atoms with E-state index in [-0.39, 0.29) is 155 Å². The Balaban J connectivity index is 1.91. The van der Waals surface area contributed by atoms with E-state index in [4.69, 9.17) is 5.73 Å².